The molecule has 2 aromatic carbocycles. The first kappa shape index (κ1) is 23.9. The van der Waals surface area contributed by atoms with Crippen LogP contribution in [0.5, 0.6) is 5.75 Å². The average Bonchev–Trinajstić information content (AvgIpc) is 3.41. The van der Waals surface area contributed by atoms with E-state index in [4.69, 9.17) is 9.47 Å². The van der Waals surface area contributed by atoms with Crippen LogP contribution in [0.2, 0.25) is 0 Å². The third-order valence-corrected chi connectivity index (χ3v) is 8.12. The SMILES string of the molecule is CCOc1ccc(N2C(=O)CC(N(CC3CCCO3)S(=O)(=O)c3ccc(Br)cc3)C2=O)cc1. The van der Waals surface area contributed by atoms with Gasteiger partial charge in [-0.3, -0.25) is 9.59 Å². The van der Waals surface area contributed by atoms with Crippen molar-refractivity contribution in [2.24, 2.45) is 0 Å². The molecule has 4 rings (SSSR count). The van der Waals surface area contributed by atoms with Gasteiger partial charge in [-0.25, -0.2) is 13.3 Å². The first-order valence-corrected chi connectivity index (χ1v) is 13.0. The predicted octanol–water partition coefficient (Wildman–Crippen LogP) is 3.35. The van der Waals surface area contributed by atoms with Gasteiger partial charge in [0.2, 0.25) is 15.9 Å². The first-order valence-electron chi connectivity index (χ1n) is 10.8. The maximum Gasteiger partial charge on any atom is 0.252 e. The Morgan fingerprint density at radius 2 is 1.82 bits per heavy atom. The van der Waals surface area contributed by atoms with Crippen molar-refractivity contribution in [3.63, 3.8) is 0 Å². The summed E-state index contributed by atoms with van der Waals surface area (Å²) in [5, 5.41) is 0. The minimum atomic E-state index is -4.05. The Bertz CT molecular complexity index is 1110. The smallest absolute Gasteiger partial charge is 0.252 e. The highest BCUT2D eigenvalue weighted by Gasteiger charge is 2.47. The van der Waals surface area contributed by atoms with Gasteiger partial charge in [-0.05, 0) is 68.3 Å². The van der Waals surface area contributed by atoms with E-state index in [0.717, 1.165) is 20.1 Å². The van der Waals surface area contributed by atoms with Gasteiger partial charge in [0.05, 0.1) is 29.7 Å². The van der Waals surface area contributed by atoms with Crippen LogP contribution >= 0.6 is 15.9 Å². The minimum absolute atomic E-state index is 0.0131. The Kier molecular flexibility index (Phi) is 7.18. The van der Waals surface area contributed by atoms with Gasteiger partial charge in [-0.2, -0.15) is 4.31 Å². The van der Waals surface area contributed by atoms with Crippen LogP contribution in [-0.4, -0.2) is 56.4 Å². The second-order valence-electron chi connectivity index (χ2n) is 7.88. The quantitative estimate of drug-likeness (QED) is 0.480. The molecule has 2 atom stereocenters. The molecule has 2 aromatic rings. The molecule has 0 saturated carbocycles. The van der Waals surface area contributed by atoms with Gasteiger partial charge in [0.1, 0.15) is 11.8 Å². The molecule has 0 spiro atoms. The number of carbonyl (C=O) groups excluding carboxylic acids is 2. The Labute approximate surface area is 201 Å². The monoisotopic (exact) mass is 536 g/mol. The largest absolute Gasteiger partial charge is 0.494 e. The summed E-state index contributed by atoms with van der Waals surface area (Å²) in [5.74, 6) is -0.393. The molecule has 0 aliphatic carbocycles. The first-order chi connectivity index (χ1) is 15.8. The molecule has 2 aliphatic rings. The number of hydrogen-bond donors (Lipinski definition) is 0. The third kappa shape index (κ3) is 4.98. The zero-order valence-electron chi connectivity index (χ0n) is 18.1. The highest BCUT2D eigenvalue weighted by molar-refractivity contribution is 9.10. The van der Waals surface area contributed by atoms with E-state index in [-0.39, 0.29) is 24.0 Å². The Morgan fingerprint density at radius 3 is 2.42 bits per heavy atom. The molecule has 10 heteroatoms. The van der Waals surface area contributed by atoms with Crippen LogP contribution in [0, 0.1) is 0 Å². The number of ether oxygens (including phenoxy) is 2. The van der Waals surface area contributed by atoms with Gasteiger partial charge in [-0.1, -0.05) is 15.9 Å². The van der Waals surface area contributed by atoms with E-state index in [9.17, 15) is 18.0 Å². The average molecular weight is 537 g/mol. The van der Waals surface area contributed by atoms with Crippen molar-refractivity contribution in [3.8, 4) is 5.75 Å². The van der Waals surface area contributed by atoms with Gasteiger partial charge in [-0.15, -0.1) is 0 Å². The van der Waals surface area contributed by atoms with Gasteiger partial charge >= 0.3 is 0 Å². The summed E-state index contributed by atoms with van der Waals surface area (Å²) >= 11 is 3.31. The van der Waals surface area contributed by atoms with E-state index in [0.29, 0.717) is 31.1 Å². The zero-order valence-corrected chi connectivity index (χ0v) is 20.5. The van der Waals surface area contributed by atoms with Crippen LogP contribution in [0.15, 0.2) is 57.9 Å². The summed E-state index contributed by atoms with van der Waals surface area (Å²) in [7, 11) is -4.05. The molecule has 33 heavy (non-hydrogen) atoms. The summed E-state index contributed by atoms with van der Waals surface area (Å²) < 4.78 is 40.1. The van der Waals surface area contributed by atoms with Crippen molar-refractivity contribution >= 4 is 43.5 Å². The number of hydrogen-bond acceptors (Lipinski definition) is 6. The molecule has 0 aromatic heterocycles. The van der Waals surface area contributed by atoms with Crippen molar-refractivity contribution in [1.29, 1.82) is 0 Å². The van der Waals surface area contributed by atoms with Crippen molar-refractivity contribution in [2.45, 2.75) is 43.2 Å². The molecule has 176 valence electrons. The lowest BCUT2D eigenvalue weighted by atomic mass is 10.2. The van der Waals surface area contributed by atoms with E-state index >= 15 is 0 Å². The second-order valence-corrected chi connectivity index (χ2v) is 10.7. The van der Waals surface area contributed by atoms with Crippen LogP contribution in [0.3, 0.4) is 0 Å². The lowest BCUT2D eigenvalue weighted by Crippen LogP contribution is -2.48. The summed E-state index contributed by atoms with van der Waals surface area (Å²) in [6, 6.07) is 11.7. The number of rotatable bonds is 8. The fourth-order valence-corrected chi connectivity index (χ4v) is 5.97. The molecule has 0 radical (unpaired) electrons. The number of anilines is 1. The van der Waals surface area contributed by atoms with Crippen LogP contribution in [0.25, 0.3) is 0 Å². The van der Waals surface area contributed by atoms with Crippen LogP contribution in [0.1, 0.15) is 26.2 Å². The maximum absolute atomic E-state index is 13.6. The van der Waals surface area contributed by atoms with Crippen molar-refractivity contribution < 1.29 is 27.5 Å². The highest BCUT2D eigenvalue weighted by Crippen LogP contribution is 2.31. The van der Waals surface area contributed by atoms with E-state index in [1.54, 1.807) is 36.4 Å². The lowest BCUT2D eigenvalue weighted by Gasteiger charge is -2.29. The summed E-state index contributed by atoms with van der Waals surface area (Å²) in [6.07, 6.45) is 0.975. The van der Waals surface area contributed by atoms with E-state index in [1.165, 1.54) is 12.1 Å². The number of amides is 2. The fraction of sp³-hybridized carbons (Fsp3) is 0.391. The fourth-order valence-electron chi connectivity index (χ4n) is 4.09. The number of sulfonamides is 1. The molecule has 8 nitrogen and oxygen atoms in total. The topological polar surface area (TPSA) is 93.2 Å². The number of carbonyl (C=O) groups is 2. The normalized spacial score (nSPS) is 21.2. The molecule has 2 amide bonds. The van der Waals surface area contributed by atoms with Crippen molar-refractivity contribution in [3.05, 3.63) is 53.0 Å². The molecule has 0 N–H and O–H groups in total. The third-order valence-electron chi connectivity index (χ3n) is 5.70. The maximum atomic E-state index is 13.6. The zero-order chi connectivity index (χ0) is 23.6. The summed E-state index contributed by atoms with van der Waals surface area (Å²) in [6.45, 7) is 2.92. The molecule has 2 unspecified atom stereocenters. The summed E-state index contributed by atoms with van der Waals surface area (Å²) in [5.41, 5.74) is 0.383. The van der Waals surface area contributed by atoms with Crippen LogP contribution in [-0.2, 0) is 24.3 Å². The van der Waals surface area contributed by atoms with E-state index in [1.807, 2.05) is 6.92 Å². The Balaban J connectivity index is 1.65. The second kappa shape index (κ2) is 9.92. The number of halogens is 1. The van der Waals surface area contributed by atoms with Gasteiger partial charge in [0.15, 0.2) is 0 Å². The van der Waals surface area contributed by atoms with E-state index < -0.39 is 27.9 Å². The molecular formula is C23H25BrN2O6S. The molecule has 2 saturated heterocycles. The van der Waals surface area contributed by atoms with Crippen molar-refractivity contribution in [1.82, 2.24) is 4.31 Å². The Hall–Kier alpha value is -2.27. The Morgan fingerprint density at radius 1 is 1.12 bits per heavy atom. The molecule has 2 fully saturated rings. The number of benzene rings is 2. The van der Waals surface area contributed by atoms with Crippen LogP contribution < -0.4 is 9.64 Å². The van der Waals surface area contributed by atoms with Crippen LogP contribution in [0.4, 0.5) is 5.69 Å². The standard InChI is InChI=1S/C23H25BrN2O6S/c1-2-31-18-9-7-17(8-10-18)26-22(27)14-21(23(26)28)25(15-19-4-3-13-32-19)33(29,30)20-11-5-16(24)6-12-20/h5-12,19,21H,2-4,13-15H2,1H3. The van der Waals surface area contributed by atoms with Gasteiger partial charge in [0.25, 0.3) is 5.91 Å². The van der Waals surface area contributed by atoms with E-state index in [2.05, 4.69) is 15.9 Å². The molecule has 2 heterocycles. The minimum Gasteiger partial charge on any atom is -0.494 e. The number of nitrogens with zero attached hydrogens (tertiary/aromatic N) is 2. The molecule has 2 aliphatic heterocycles. The van der Waals surface area contributed by atoms with Gasteiger partial charge < -0.3 is 9.47 Å². The predicted molar refractivity (Wildman–Crippen MR) is 126 cm³/mol. The lowest BCUT2D eigenvalue weighted by molar-refractivity contribution is -0.122. The van der Waals surface area contributed by atoms with Gasteiger partial charge in [0, 0.05) is 17.6 Å². The molecular weight excluding hydrogens is 512 g/mol. The summed E-state index contributed by atoms with van der Waals surface area (Å²) in [4.78, 5) is 27.4. The highest BCUT2D eigenvalue weighted by atomic mass is 79.9. The number of imide groups is 1. The van der Waals surface area contributed by atoms with Crippen molar-refractivity contribution in [2.75, 3.05) is 24.7 Å². The molecule has 0 bridgehead atoms.